The number of nitrogens with zero attached hydrogens (tertiary/aromatic N) is 3. The molecule has 45 heavy (non-hydrogen) atoms. The minimum absolute atomic E-state index is 0.00458. The molecule has 2 amide bonds. The summed E-state index contributed by atoms with van der Waals surface area (Å²) in [6.07, 6.45) is 0.0648. The Morgan fingerprint density at radius 1 is 1.11 bits per heavy atom. The third-order valence-corrected chi connectivity index (χ3v) is 10.6. The van der Waals surface area contributed by atoms with Crippen LogP contribution in [0.25, 0.3) is 0 Å². The molecule has 0 aliphatic carbocycles. The van der Waals surface area contributed by atoms with E-state index in [2.05, 4.69) is 0 Å². The molecule has 0 bridgehead atoms. The SMILES string of the molecule is COC(=O)C(=C(C)C)N1C(=O)[C@H]([C@@](C)(O[SiH](C)C)C(C)(C)C)[C@H]1CC(=O)S[C@H]1CCN(C(=O)OCc2ccc([N+](=O)[O-])cc2)C1. The van der Waals surface area contributed by atoms with E-state index in [4.69, 9.17) is 13.9 Å². The number of β-lactam (4-membered cyclic amide) rings is 1. The lowest BCUT2D eigenvalue weighted by Crippen LogP contribution is -2.72. The predicted molar refractivity (Wildman–Crippen MR) is 173 cm³/mol. The summed E-state index contributed by atoms with van der Waals surface area (Å²) in [4.78, 5) is 66.3. The van der Waals surface area contributed by atoms with Gasteiger partial charge in [-0.3, -0.25) is 19.7 Å². The van der Waals surface area contributed by atoms with Gasteiger partial charge in [0.2, 0.25) is 5.91 Å². The number of methoxy groups -OCH3 is 1. The van der Waals surface area contributed by atoms with Crippen molar-refractivity contribution in [2.24, 2.45) is 11.3 Å². The van der Waals surface area contributed by atoms with Crippen LogP contribution in [0, 0.1) is 21.4 Å². The first-order chi connectivity index (χ1) is 20.9. The molecule has 0 N–H and O–H groups in total. The van der Waals surface area contributed by atoms with Gasteiger partial charge in [0.05, 0.1) is 29.6 Å². The average molecular weight is 664 g/mol. The summed E-state index contributed by atoms with van der Waals surface area (Å²) in [6, 6.07) is 5.17. The Labute approximate surface area is 270 Å². The maximum absolute atomic E-state index is 13.9. The van der Waals surface area contributed by atoms with Gasteiger partial charge in [-0.05, 0) is 69.0 Å². The van der Waals surface area contributed by atoms with E-state index >= 15 is 0 Å². The molecule has 2 aliphatic heterocycles. The highest BCUT2D eigenvalue weighted by molar-refractivity contribution is 8.14. The topological polar surface area (TPSA) is 146 Å². The Balaban J connectivity index is 1.72. The molecular weight excluding hydrogens is 619 g/mol. The maximum atomic E-state index is 13.9. The van der Waals surface area contributed by atoms with Crippen LogP contribution in [0.15, 0.2) is 35.5 Å². The quantitative estimate of drug-likeness (QED) is 0.0787. The van der Waals surface area contributed by atoms with Crippen LogP contribution in [0.4, 0.5) is 10.5 Å². The first kappa shape index (κ1) is 36.2. The number of nitro benzene ring substituents is 1. The van der Waals surface area contributed by atoms with Crippen molar-refractivity contribution in [3.05, 3.63) is 51.2 Å². The van der Waals surface area contributed by atoms with E-state index in [1.165, 1.54) is 41.2 Å². The lowest BCUT2D eigenvalue weighted by molar-refractivity contribution is -0.384. The number of amides is 2. The smallest absolute Gasteiger partial charge is 0.410 e. The molecule has 2 heterocycles. The van der Waals surface area contributed by atoms with Crippen molar-refractivity contribution in [3.8, 4) is 0 Å². The normalized spacial score (nSPS) is 21.2. The zero-order valence-corrected chi connectivity index (χ0v) is 29.5. The second-order valence-electron chi connectivity index (χ2n) is 13.1. The van der Waals surface area contributed by atoms with Gasteiger partial charge in [-0.2, -0.15) is 0 Å². The lowest BCUT2D eigenvalue weighted by atomic mass is 9.63. The summed E-state index contributed by atoms with van der Waals surface area (Å²) in [6.45, 7) is 16.2. The Morgan fingerprint density at radius 2 is 1.73 bits per heavy atom. The molecule has 3 rings (SSSR count). The minimum Gasteiger partial charge on any atom is -0.464 e. The van der Waals surface area contributed by atoms with Crippen molar-refractivity contribution in [1.29, 1.82) is 0 Å². The molecule has 0 spiro atoms. The van der Waals surface area contributed by atoms with Gasteiger partial charge in [-0.15, -0.1) is 0 Å². The van der Waals surface area contributed by atoms with Gasteiger partial charge in [0, 0.05) is 36.9 Å². The number of carbonyl (C=O) groups is 4. The van der Waals surface area contributed by atoms with E-state index in [1.807, 2.05) is 40.8 Å². The van der Waals surface area contributed by atoms with E-state index in [1.54, 1.807) is 13.8 Å². The molecule has 0 unspecified atom stereocenters. The Morgan fingerprint density at radius 3 is 2.24 bits per heavy atom. The fraction of sp³-hybridized carbons (Fsp3) is 0.613. The van der Waals surface area contributed by atoms with Crippen LogP contribution in [0.1, 0.15) is 59.9 Å². The summed E-state index contributed by atoms with van der Waals surface area (Å²) in [5, 5.41) is 10.5. The number of ether oxygens (including phenoxy) is 2. The van der Waals surface area contributed by atoms with Crippen molar-refractivity contribution in [1.82, 2.24) is 9.80 Å². The van der Waals surface area contributed by atoms with Gasteiger partial charge >= 0.3 is 12.1 Å². The highest BCUT2D eigenvalue weighted by atomic mass is 32.2. The van der Waals surface area contributed by atoms with E-state index in [9.17, 15) is 29.3 Å². The van der Waals surface area contributed by atoms with Crippen LogP contribution in [0.5, 0.6) is 0 Å². The maximum Gasteiger partial charge on any atom is 0.410 e. The standard InChI is InChI=1S/C31H45N3O9SSi/c1-19(2)26(28(37)41-7)33-23(25(27(33)36)31(6,30(3,4)5)43-45(8)9)16-24(35)44-22-14-15-32(17-22)29(38)42-18-20-10-12-21(13-11-20)34(39)40/h10-13,22-23,25,45H,14-18H2,1-9H3/t22-,23+,25+,31+/m0/s1. The van der Waals surface area contributed by atoms with Crippen molar-refractivity contribution in [2.75, 3.05) is 20.2 Å². The van der Waals surface area contributed by atoms with Gasteiger partial charge in [0.25, 0.3) is 5.69 Å². The Kier molecular flexibility index (Phi) is 11.6. The largest absolute Gasteiger partial charge is 0.464 e. The molecule has 4 atom stereocenters. The lowest BCUT2D eigenvalue weighted by Gasteiger charge is -2.58. The van der Waals surface area contributed by atoms with E-state index in [0.717, 1.165) is 11.8 Å². The molecule has 1 aromatic rings. The summed E-state index contributed by atoms with van der Waals surface area (Å²) >= 11 is 1.14. The fourth-order valence-electron chi connectivity index (χ4n) is 5.82. The molecule has 14 heteroatoms. The van der Waals surface area contributed by atoms with Crippen molar-refractivity contribution >= 4 is 49.6 Å². The molecule has 2 aliphatic rings. The number of esters is 1. The number of allylic oxidation sites excluding steroid dienone is 1. The van der Waals surface area contributed by atoms with E-state index in [-0.39, 0.29) is 40.7 Å². The van der Waals surface area contributed by atoms with Crippen LogP contribution < -0.4 is 0 Å². The van der Waals surface area contributed by atoms with Gasteiger partial charge < -0.3 is 23.7 Å². The zero-order valence-electron chi connectivity index (χ0n) is 27.6. The number of carbonyl (C=O) groups excluding carboxylic acids is 4. The minimum atomic E-state index is -1.63. The molecule has 2 fully saturated rings. The molecule has 12 nitrogen and oxygen atoms in total. The number of nitro groups is 1. The van der Waals surface area contributed by atoms with Crippen molar-refractivity contribution < 1.29 is 38.0 Å². The predicted octanol–water partition coefficient (Wildman–Crippen LogP) is 5.05. The second-order valence-corrected chi connectivity index (χ2v) is 16.8. The Hall–Kier alpha value is -3.23. The number of non-ortho nitro benzene ring substituents is 1. The number of benzene rings is 1. The highest BCUT2D eigenvalue weighted by Crippen LogP contribution is 2.50. The molecule has 0 radical (unpaired) electrons. The molecule has 2 saturated heterocycles. The summed E-state index contributed by atoms with van der Waals surface area (Å²) < 4.78 is 17.0. The second kappa shape index (κ2) is 14.5. The molecule has 0 saturated carbocycles. The van der Waals surface area contributed by atoms with Crippen molar-refractivity contribution in [3.63, 3.8) is 0 Å². The number of hydrogen-bond acceptors (Lipinski definition) is 10. The van der Waals surface area contributed by atoms with Gasteiger partial charge in [0.15, 0.2) is 14.2 Å². The van der Waals surface area contributed by atoms with Crippen LogP contribution in [0.2, 0.25) is 13.1 Å². The third-order valence-electron chi connectivity index (χ3n) is 8.46. The summed E-state index contributed by atoms with van der Waals surface area (Å²) in [7, 11) is -0.366. The van der Waals surface area contributed by atoms with E-state index in [0.29, 0.717) is 30.6 Å². The van der Waals surface area contributed by atoms with Gasteiger partial charge in [0.1, 0.15) is 12.3 Å². The molecule has 1 aromatic carbocycles. The van der Waals surface area contributed by atoms with Crippen LogP contribution in [0.3, 0.4) is 0 Å². The first-order valence-corrected chi connectivity index (χ1v) is 18.7. The average Bonchev–Trinajstić information content (AvgIpc) is 3.41. The van der Waals surface area contributed by atoms with Gasteiger partial charge in [-0.1, -0.05) is 32.5 Å². The summed E-state index contributed by atoms with van der Waals surface area (Å²) in [5.74, 6) is -1.55. The molecule has 0 aromatic heterocycles. The van der Waals surface area contributed by atoms with Crippen LogP contribution >= 0.6 is 11.8 Å². The van der Waals surface area contributed by atoms with Crippen molar-refractivity contribution in [2.45, 2.75) is 91.0 Å². The van der Waals surface area contributed by atoms with Crippen LogP contribution in [-0.2, 0) is 34.9 Å². The number of thioether (sulfide) groups is 1. The summed E-state index contributed by atoms with van der Waals surface area (Å²) in [5.41, 5.74) is 0.00259. The monoisotopic (exact) mass is 663 g/mol. The first-order valence-electron chi connectivity index (χ1n) is 15.0. The number of likely N-dealkylation sites (tertiary alicyclic amines) is 2. The molecule has 248 valence electrons. The van der Waals surface area contributed by atoms with Crippen LogP contribution in [-0.4, -0.2) is 83.9 Å². The Bertz CT molecular complexity index is 1340. The third kappa shape index (κ3) is 8.14. The number of hydrogen-bond donors (Lipinski definition) is 0. The van der Waals surface area contributed by atoms with E-state index < -0.39 is 49.0 Å². The zero-order chi connectivity index (χ0) is 33.9. The van der Waals surface area contributed by atoms with Gasteiger partial charge in [-0.25, -0.2) is 9.59 Å². The molecular formula is C31H45N3O9SSi. The fourth-order valence-corrected chi connectivity index (χ4v) is 8.42. The highest BCUT2D eigenvalue weighted by Gasteiger charge is 2.62. The number of rotatable bonds is 11.